The number of hydrogen-bond donors (Lipinski definition) is 0. The first-order valence-electron chi connectivity index (χ1n) is 6.44. The Balaban J connectivity index is 2.09. The summed E-state index contributed by atoms with van der Waals surface area (Å²) in [6.45, 7) is 4.26. The molecule has 0 saturated carbocycles. The summed E-state index contributed by atoms with van der Waals surface area (Å²) in [6.07, 6.45) is -3.65. The van der Waals surface area contributed by atoms with Crippen molar-refractivity contribution in [3.63, 3.8) is 0 Å². The predicted molar refractivity (Wildman–Crippen MR) is 73.1 cm³/mol. The van der Waals surface area contributed by atoms with Crippen molar-refractivity contribution < 1.29 is 13.2 Å². The molecule has 0 aliphatic carbocycles. The minimum Gasteiger partial charge on any atom is -0.353 e. The molecule has 0 spiro atoms. The molecule has 0 aromatic carbocycles. The normalized spacial score (nSPS) is 18.4. The van der Waals surface area contributed by atoms with Crippen LogP contribution in [0.4, 0.5) is 19.0 Å². The lowest BCUT2D eigenvalue weighted by atomic mass is 10.2. The van der Waals surface area contributed by atoms with Crippen molar-refractivity contribution in [2.24, 2.45) is 0 Å². The van der Waals surface area contributed by atoms with E-state index in [9.17, 15) is 13.2 Å². The molecule has 0 bridgehead atoms. The van der Waals surface area contributed by atoms with Crippen LogP contribution in [-0.2, 0) is 6.18 Å². The number of hydrogen-bond acceptors (Lipinski definition) is 4. The summed E-state index contributed by atoms with van der Waals surface area (Å²) >= 11 is 5.92. The van der Waals surface area contributed by atoms with Crippen molar-refractivity contribution in [1.29, 1.82) is 5.26 Å². The number of aromatic nitrogens is 1. The standard InChI is InChI=1S/C13H14ClF3N4/c1-9(7-18)20-2-4-21(5-3-20)12-11(14)6-10(8-19-12)13(15,16)17/h6,8-9H,2-5H2,1H3. The highest BCUT2D eigenvalue weighted by molar-refractivity contribution is 6.33. The van der Waals surface area contributed by atoms with Gasteiger partial charge in [0.1, 0.15) is 5.82 Å². The van der Waals surface area contributed by atoms with E-state index >= 15 is 0 Å². The second-order valence-electron chi connectivity index (χ2n) is 4.86. The maximum Gasteiger partial charge on any atom is 0.417 e. The van der Waals surface area contributed by atoms with Gasteiger partial charge in [0.2, 0.25) is 0 Å². The molecule has 4 nitrogen and oxygen atoms in total. The first-order valence-corrected chi connectivity index (χ1v) is 6.82. The van der Waals surface area contributed by atoms with Crippen molar-refractivity contribution in [1.82, 2.24) is 9.88 Å². The number of halogens is 4. The second kappa shape index (κ2) is 6.08. The maximum absolute atomic E-state index is 12.6. The van der Waals surface area contributed by atoms with Crippen LogP contribution < -0.4 is 4.90 Å². The lowest BCUT2D eigenvalue weighted by Crippen LogP contribution is -2.49. The first kappa shape index (κ1) is 15.9. The van der Waals surface area contributed by atoms with Crippen molar-refractivity contribution in [3.05, 3.63) is 22.8 Å². The molecule has 1 fully saturated rings. The largest absolute Gasteiger partial charge is 0.417 e. The number of pyridine rings is 1. The fourth-order valence-corrected chi connectivity index (χ4v) is 2.51. The van der Waals surface area contributed by atoms with Crippen LogP contribution in [0.1, 0.15) is 12.5 Å². The molecule has 114 valence electrons. The molecule has 1 aliphatic heterocycles. The third kappa shape index (κ3) is 3.57. The lowest BCUT2D eigenvalue weighted by Gasteiger charge is -2.36. The van der Waals surface area contributed by atoms with Crippen LogP contribution in [-0.4, -0.2) is 42.1 Å². The number of rotatable bonds is 2. The molecule has 1 unspecified atom stereocenters. The van der Waals surface area contributed by atoms with E-state index in [2.05, 4.69) is 11.1 Å². The Morgan fingerprint density at radius 2 is 1.95 bits per heavy atom. The highest BCUT2D eigenvalue weighted by Crippen LogP contribution is 2.33. The van der Waals surface area contributed by atoms with Gasteiger partial charge < -0.3 is 4.90 Å². The molecule has 1 saturated heterocycles. The molecule has 0 N–H and O–H groups in total. The van der Waals surface area contributed by atoms with E-state index in [1.54, 1.807) is 0 Å². The van der Waals surface area contributed by atoms with Gasteiger partial charge in [-0.2, -0.15) is 18.4 Å². The number of alkyl halides is 3. The average Bonchev–Trinajstić information content (AvgIpc) is 2.45. The van der Waals surface area contributed by atoms with Gasteiger partial charge in [0.25, 0.3) is 0 Å². The molecule has 1 aromatic heterocycles. The molecule has 1 atom stereocenters. The number of nitrogens with zero attached hydrogens (tertiary/aromatic N) is 4. The lowest BCUT2D eigenvalue weighted by molar-refractivity contribution is -0.137. The fourth-order valence-electron chi connectivity index (χ4n) is 2.22. The Morgan fingerprint density at radius 1 is 1.33 bits per heavy atom. The zero-order valence-corrected chi connectivity index (χ0v) is 12.1. The Bertz CT molecular complexity index is 547. The minimum absolute atomic E-state index is 0.00777. The summed E-state index contributed by atoms with van der Waals surface area (Å²) in [6, 6.07) is 2.88. The van der Waals surface area contributed by atoms with Gasteiger partial charge in [-0.15, -0.1) is 0 Å². The van der Waals surface area contributed by atoms with Crippen molar-refractivity contribution in [3.8, 4) is 6.07 Å². The summed E-state index contributed by atoms with van der Waals surface area (Å²) in [5.41, 5.74) is -0.854. The van der Waals surface area contributed by atoms with Gasteiger partial charge >= 0.3 is 6.18 Å². The van der Waals surface area contributed by atoms with Gasteiger partial charge in [0, 0.05) is 32.4 Å². The van der Waals surface area contributed by atoms with Gasteiger partial charge in [-0.3, -0.25) is 4.90 Å². The third-order valence-corrected chi connectivity index (χ3v) is 3.78. The van der Waals surface area contributed by atoms with Crippen molar-refractivity contribution >= 4 is 17.4 Å². The zero-order chi connectivity index (χ0) is 15.6. The van der Waals surface area contributed by atoms with Crippen LogP contribution in [0.15, 0.2) is 12.3 Å². The van der Waals surface area contributed by atoms with Gasteiger partial charge in [-0.1, -0.05) is 11.6 Å². The number of anilines is 1. The van der Waals surface area contributed by atoms with Crippen LogP contribution >= 0.6 is 11.6 Å². The Kier molecular flexibility index (Phi) is 4.59. The maximum atomic E-state index is 12.6. The first-order chi connectivity index (χ1) is 9.82. The van der Waals surface area contributed by atoms with E-state index in [1.165, 1.54) is 0 Å². The average molecular weight is 319 g/mol. The van der Waals surface area contributed by atoms with Crippen LogP contribution in [0.2, 0.25) is 5.02 Å². The molecule has 2 heterocycles. The molecular formula is C13H14ClF3N4. The van der Waals surface area contributed by atoms with E-state index in [0.717, 1.165) is 12.3 Å². The molecular weight excluding hydrogens is 305 g/mol. The van der Waals surface area contributed by atoms with Gasteiger partial charge in [-0.05, 0) is 13.0 Å². The quantitative estimate of drug-likeness (QED) is 0.841. The highest BCUT2D eigenvalue weighted by atomic mass is 35.5. The summed E-state index contributed by atoms with van der Waals surface area (Å²) in [4.78, 5) is 7.69. The van der Waals surface area contributed by atoms with E-state index in [0.29, 0.717) is 32.0 Å². The summed E-state index contributed by atoms with van der Waals surface area (Å²) < 4.78 is 37.7. The monoisotopic (exact) mass is 318 g/mol. The van der Waals surface area contributed by atoms with E-state index < -0.39 is 11.7 Å². The Morgan fingerprint density at radius 3 is 2.43 bits per heavy atom. The van der Waals surface area contributed by atoms with Crippen molar-refractivity contribution in [2.45, 2.75) is 19.1 Å². The van der Waals surface area contributed by atoms with Crippen LogP contribution in [0, 0.1) is 11.3 Å². The summed E-state index contributed by atoms with van der Waals surface area (Å²) in [7, 11) is 0. The molecule has 0 radical (unpaired) electrons. The van der Waals surface area contributed by atoms with Crippen LogP contribution in [0.25, 0.3) is 0 Å². The Labute approximate surface area is 125 Å². The topological polar surface area (TPSA) is 43.2 Å². The fraction of sp³-hybridized carbons (Fsp3) is 0.538. The SMILES string of the molecule is CC(C#N)N1CCN(c2ncc(C(F)(F)F)cc2Cl)CC1. The molecule has 0 amide bonds. The van der Waals surface area contributed by atoms with Gasteiger partial charge in [0.15, 0.2) is 0 Å². The van der Waals surface area contributed by atoms with Gasteiger partial charge in [-0.25, -0.2) is 4.98 Å². The van der Waals surface area contributed by atoms with E-state index in [-0.39, 0.29) is 11.1 Å². The van der Waals surface area contributed by atoms with E-state index in [1.807, 2.05) is 16.7 Å². The Hall–Kier alpha value is -1.52. The van der Waals surface area contributed by atoms with Crippen molar-refractivity contribution in [2.75, 3.05) is 31.1 Å². The predicted octanol–water partition coefficient (Wildman–Crippen LogP) is 2.79. The highest BCUT2D eigenvalue weighted by Gasteiger charge is 2.32. The minimum atomic E-state index is -4.45. The number of nitriles is 1. The molecule has 8 heteroatoms. The molecule has 1 aromatic rings. The smallest absolute Gasteiger partial charge is 0.353 e. The molecule has 1 aliphatic rings. The third-order valence-electron chi connectivity index (χ3n) is 3.50. The summed E-state index contributed by atoms with van der Waals surface area (Å²) in [5, 5.41) is 8.87. The van der Waals surface area contributed by atoms with Crippen LogP contribution in [0.5, 0.6) is 0 Å². The summed E-state index contributed by atoms with van der Waals surface area (Å²) in [5.74, 6) is 0.355. The molecule has 2 rings (SSSR count). The van der Waals surface area contributed by atoms with Gasteiger partial charge in [0.05, 0.1) is 22.7 Å². The molecule has 21 heavy (non-hydrogen) atoms. The van der Waals surface area contributed by atoms with E-state index in [4.69, 9.17) is 16.9 Å². The number of piperazine rings is 1. The zero-order valence-electron chi connectivity index (χ0n) is 11.4. The second-order valence-corrected chi connectivity index (χ2v) is 5.26. The van der Waals surface area contributed by atoms with Crippen LogP contribution in [0.3, 0.4) is 0 Å².